The summed E-state index contributed by atoms with van der Waals surface area (Å²) in [5, 5.41) is 1.44. The number of hydrogen-bond donors (Lipinski definition) is 0. The van der Waals surface area contributed by atoms with Crippen LogP contribution in [0.1, 0.15) is 68.7 Å². The van der Waals surface area contributed by atoms with Crippen LogP contribution in [0.2, 0.25) is 0 Å². The highest BCUT2D eigenvalue weighted by atomic mass is 31.1. The number of ketones is 1. The van der Waals surface area contributed by atoms with Gasteiger partial charge in [-0.1, -0.05) is 111 Å². The maximum atomic E-state index is 13.9. The van der Waals surface area contributed by atoms with Crippen molar-refractivity contribution in [1.82, 2.24) is 0 Å². The van der Waals surface area contributed by atoms with Gasteiger partial charge in [-0.15, -0.1) is 0 Å². The number of benzene rings is 5. The first-order valence-electron chi connectivity index (χ1n) is 15.4. The molecule has 0 aromatic heterocycles. The Hall–Kier alpha value is -3.80. The van der Waals surface area contributed by atoms with Crippen molar-refractivity contribution < 1.29 is 4.79 Å². The van der Waals surface area contributed by atoms with Crippen molar-refractivity contribution in [2.75, 3.05) is 0 Å². The van der Waals surface area contributed by atoms with E-state index >= 15 is 0 Å². The molecule has 0 N–H and O–H groups in total. The Morgan fingerprint density at radius 1 is 0.442 bits per heavy atom. The highest BCUT2D eigenvalue weighted by molar-refractivity contribution is 7.67. The van der Waals surface area contributed by atoms with E-state index in [2.05, 4.69) is 145 Å². The lowest BCUT2D eigenvalue weighted by Gasteiger charge is -2.43. The highest BCUT2D eigenvalue weighted by Crippen LogP contribution is 2.69. The van der Waals surface area contributed by atoms with E-state index < -0.39 is 7.92 Å². The summed E-state index contributed by atoms with van der Waals surface area (Å²) in [4.78, 5) is 13.9. The van der Waals surface area contributed by atoms with Gasteiger partial charge in [-0.2, -0.15) is 0 Å². The second kappa shape index (κ2) is 12.1. The van der Waals surface area contributed by atoms with Gasteiger partial charge in [0, 0.05) is 24.2 Å². The lowest BCUT2D eigenvalue weighted by atomic mass is 9.92. The van der Waals surface area contributed by atoms with Gasteiger partial charge in [-0.05, 0) is 114 Å². The summed E-state index contributed by atoms with van der Waals surface area (Å²) in [6, 6.07) is 37.8. The third kappa shape index (κ3) is 5.41. The number of aryl methyl sites for hydroxylation is 6. The Balaban J connectivity index is 1.76. The average molecular weight is 581 g/mol. The molecule has 5 aromatic carbocycles. The topological polar surface area (TPSA) is 17.1 Å². The molecule has 2 heteroatoms. The number of carbonyl (C=O) groups is 1. The molecule has 1 nitrogen and oxygen atoms in total. The molecule has 5 aromatic rings. The lowest BCUT2D eigenvalue weighted by Crippen LogP contribution is -2.27. The Labute approximate surface area is 258 Å². The predicted octanol–water partition coefficient (Wildman–Crippen LogP) is 10.8. The molecule has 1 aliphatic rings. The van der Waals surface area contributed by atoms with Crippen LogP contribution in [0.4, 0.5) is 0 Å². The zero-order valence-corrected chi connectivity index (χ0v) is 27.1. The molecule has 43 heavy (non-hydrogen) atoms. The summed E-state index contributed by atoms with van der Waals surface area (Å²) in [5.41, 5.74) is 15.9. The van der Waals surface area contributed by atoms with E-state index in [0.717, 1.165) is 0 Å². The monoisotopic (exact) mass is 580 g/mol. The average Bonchev–Trinajstić information content (AvgIpc) is 2.97. The molecule has 1 aliphatic heterocycles. The molecule has 1 fully saturated rings. The van der Waals surface area contributed by atoms with Crippen LogP contribution in [0.15, 0.2) is 103 Å². The van der Waals surface area contributed by atoms with Gasteiger partial charge < -0.3 is 0 Å². The summed E-state index contributed by atoms with van der Waals surface area (Å²) in [6.45, 7) is 13.4. The van der Waals surface area contributed by atoms with Crippen LogP contribution in [0.3, 0.4) is 0 Å². The van der Waals surface area contributed by atoms with Gasteiger partial charge in [0.15, 0.2) is 0 Å². The first-order chi connectivity index (χ1) is 20.8. The summed E-state index contributed by atoms with van der Waals surface area (Å²) in [7, 11) is -0.872. The van der Waals surface area contributed by atoms with Crippen molar-refractivity contribution in [3.05, 3.63) is 148 Å². The van der Waals surface area contributed by atoms with Crippen molar-refractivity contribution in [2.45, 2.75) is 65.7 Å². The fourth-order valence-electron chi connectivity index (χ4n) is 7.43. The van der Waals surface area contributed by atoms with E-state index in [4.69, 9.17) is 0 Å². The maximum Gasteiger partial charge on any atom is 0.134 e. The normalized spacial score (nSPS) is 18.6. The van der Waals surface area contributed by atoms with Crippen LogP contribution < -0.4 is 5.30 Å². The summed E-state index contributed by atoms with van der Waals surface area (Å²) in [5.74, 6) is 0.380. The molecule has 0 amide bonds. The Bertz CT molecular complexity index is 1660. The molecule has 6 rings (SSSR count). The van der Waals surface area contributed by atoms with E-state index in [1.807, 2.05) is 0 Å². The van der Waals surface area contributed by atoms with Gasteiger partial charge >= 0.3 is 0 Å². The van der Waals surface area contributed by atoms with Crippen LogP contribution in [-0.4, -0.2) is 5.78 Å². The molecular formula is C41H41OP. The number of Topliss-reactive ketones (excluding diaryl/α,β-unsaturated/α-hetero) is 1. The fraction of sp³-hybridized carbons (Fsp3) is 0.244. The van der Waals surface area contributed by atoms with Gasteiger partial charge in [0.1, 0.15) is 5.78 Å². The molecular weight excluding hydrogens is 539 g/mol. The van der Waals surface area contributed by atoms with Gasteiger partial charge in [-0.25, -0.2) is 0 Å². The fourth-order valence-corrected chi connectivity index (χ4v) is 11.6. The minimum Gasteiger partial charge on any atom is -0.300 e. The minimum absolute atomic E-state index is 0.134. The molecule has 0 saturated carbocycles. The highest BCUT2D eigenvalue weighted by Gasteiger charge is 2.43. The molecule has 0 spiro atoms. The van der Waals surface area contributed by atoms with E-state index in [0.29, 0.717) is 18.6 Å². The third-order valence-electron chi connectivity index (χ3n) is 9.43. The minimum atomic E-state index is -0.872. The Morgan fingerprint density at radius 2 is 0.767 bits per heavy atom. The molecule has 0 bridgehead atoms. The number of carbonyl (C=O) groups excluding carboxylic acids is 1. The SMILES string of the molecule is Cc1ccccc1-c1cccc(-c2ccccc2C)c1P1C(c2c(C)cccc2C)CC(=O)CC1c1c(C)cccc1C. The quantitative estimate of drug-likeness (QED) is 0.189. The molecule has 2 atom stereocenters. The summed E-state index contributed by atoms with van der Waals surface area (Å²) in [6.07, 6.45) is 1.18. The third-order valence-corrected chi connectivity index (χ3v) is 12.7. The summed E-state index contributed by atoms with van der Waals surface area (Å²) < 4.78 is 0. The van der Waals surface area contributed by atoms with Crippen LogP contribution >= 0.6 is 7.92 Å². The zero-order chi connectivity index (χ0) is 30.2. The van der Waals surface area contributed by atoms with Crippen LogP contribution in [0, 0.1) is 41.5 Å². The van der Waals surface area contributed by atoms with Crippen molar-refractivity contribution in [2.24, 2.45) is 0 Å². The van der Waals surface area contributed by atoms with Gasteiger partial charge in [0.2, 0.25) is 0 Å². The molecule has 216 valence electrons. The van der Waals surface area contributed by atoms with E-state index in [-0.39, 0.29) is 11.3 Å². The number of rotatable bonds is 5. The molecule has 0 aliphatic carbocycles. The van der Waals surface area contributed by atoms with Gasteiger partial charge in [0.05, 0.1) is 0 Å². The van der Waals surface area contributed by atoms with Crippen LogP contribution in [0.25, 0.3) is 22.3 Å². The summed E-state index contributed by atoms with van der Waals surface area (Å²) >= 11 is 0. The molecule has 0 radical (unpaired) electrons. The molecule has 2 unspecified atom stereocenters. The zero-order valence-electron chi connectivity index (χ0n) is 26.2. The van der Waals surface area contributed by atoms with Gasteiger partial charge in [-0.3, -0.25) is 4.79 Å². The van der Waals surface area contributed by atoms with Crippen molar-refractivity contribution >= 4 is 19.0 Å². The van der Waals surface area contributed by atoms with E-state index in [1.165, 1.54) is 72.1 Å². The lowest BCUT2D eigenvalue weighted by molar-refractivity contribution is -0.119. The predicted molar refractivity (Wildman–Crippen MR) is 185 cm³/mol. The number of hydrogen-bond acceptors (Lipinski definition) is 1. The smallest absolute Gasteiger partial charge is 0.134 e. The van der Waals surface area contributed by atoms with Gasteiger partial charge in [0.25, 0.3) is 0 Å². The van der Waals surface area contributed by atoms with Crippen molar-refractivity contribution in [3.63, 3.8) is 0 Å². The second-order valence-electron chi connectivity index (χ2n) is 12.3. The Kier molecular flexibility index (Phi) is 8.21. The van der Waals surface area contributed by atoms with Crippen LogP contribution in [-0.2, 0) is 4.79 Å². The largest absolute Gasteiger partial charge is 0.300 e. The first-order valence-corrected chi connectivity index (χ1v) is 16.9. The van der Waals surface area contributed by atoms with E-state index in [9.17, 15) is 4.79 Å². The second-order valence-corrected chi connectivity index (χ2v) is 14.8. The van der Waals surface area contributed by atoms with Crippen molar-refractivity contribution in [3.8, 4) is 22.3 Å². The standard InChI is InChI=1S/C41H41OP/c1-26-14-7-9-20-33(26)35-22-13-23-36(34-21-10-8-15-27(34)2)41(35)43-37(39-28(3)16-11-17-29(39)4)24-32(42)25-38(43)40-30(5)18-12-19-31(40)6/h7-23,37-38H,24-25H2,1-6H3. The van der Waals surface area contributed by atoms with Crippen LogP contribution in [0.5, 0.6) is 0 Å². The molecule has 1 saturated heterocycles. The van der Waals surface area contributed by atoms with E-state index in [1.54, 1.807) is 0 Å². The Morgan fingerprint density at radius 3 is 1.16 bits per heavy atom. The van der Waals surface area contributed by atoms with Crippen molar-refractivity contribution in [1.29, 1.82) is 0 Å². The molecule has 1 heterocycles. The maximum absolute atomic E-state index is 13.9. The first kappa shape index (κ1) is 29.3.